The Morgan fingerprint density at radius 1 is 1.17 bits per heavy atom. The minimum Gasteiger partial charge on any atom is -0.489 e. The molecular weight excluding hydrogens is 294 g/mol. The second kappa shape index (κ2) is 7.15. The fraction of sp³-hybridized carbons (Fsp3) is 0.278. The summed E-state index contributed by atoms with van der Waals surface area (Å²) in [4.78, 5) is 12.7. The summed E-state index contributed by atoms with van der Waals surface area (Å²) in [6.45, 7) is 1.73. The molecule has 5 nitrogen and oxygen atoms in total. The molecule has 1 N–H and O–H groups in total. The average Bonchev–Trinajstić information content (AvgIpc) is 2.61. The van der Waals surface area contributed by atoms with Gasteiger partial charge in [0.2, 0.25) is 0 Å². The average molecular weight is 313 g/mol. The number of carboxylic acid groups (broad SMARTS) is 1. The summed E-state index contributed by atoms with van der Waals surface area (Å²) < 4.78 is 11.2. The predicted molar refractivity (Wildman–Crippen MR) is 85.5 cm³/mol. The topological polar surface area (TPSA) is 59.0 Å². The first-order chi connectivity index (χ1) is 11.2. The van der Waals surface area contributed by atoms with Crippen molar-refractivity contribution in [1.29, 1.82) is 0 Å². The molecule has 1 aliphatic rings. The third-order valence-electron chi connectivity index (χ3n) is 3.89. The number of rotatable bonds is 4. The van der Waals surface area contributed by atoms with Crippen LogP contribution in [0, 0.1) is 0 Å². The number of hydrogen-bond acceptors (Lipinski definition) is 3. The van der Waals surface area contributed by atoms with Gasteiger partial charge in [-0.3, -0.25) is 4.90 Å². The summed E-state index contributed by atoms with van der Waals surface area (Å²) in [5.74, 6) is 0.760. The van der Waals surface area contributed by atoms with E-state index < -0.39 is 6.09 Å². The van der Waals surface area contributed by atoms with E-state index in [1.807, 2.05) is 54.6 Å². The highest BCUT2D eigenvalue weighted by Crippen LogP contribution is 2.26. The number of benzene rings is 2. The van der Waals surface area contributed by atoms with E-state index in [1.54, 1.807) is 0 Å². The first-order valence-corrected chi connectivity index (χ1v) is 7.58. The zero-order chi connectivity index (χ0) is 16.1. The predicted octanol–water partition coefficient (Wildman–Crippen LogP) is 3.32. The van der Waals surface area contributed by atoms with E-state index in [2.05, 4.69) is 0 Å². The van der Waals surface area contributed by atoms with Crippen molar-refractivity contribution in [2.75, 3.05) is 19.8 Å². The van der Waals surface area contributed by atoms with Crippen LogP contribution in [0.15, 0.2) is 54.6 Å². The van der Waals surface area contributed by atoms with Gasteiger partial charge in [-0.25, -0.2) is 4.79 Å². The molecule has 0 saturated carbocycles. The number of hydrogen-bond donors (Lipinski definition) is 1. The molecule has 1 aliphatic heterocycles. The van der Waals surface area contributed by atoms with E-state index >= 15 is 0 Å². The van der Waals surface area contributed by atoms with Gasteiger partial charge >= 0.3 is 6.09 Å². The van der Waals surface area contributed by atoms with Gasteiger partial charge in [-0.05, 0) is 23.3 Å². The number of ether oxygens (including phenoxy) is 2. The lowest BCUT2D eigenvalue weighted by Gasteiger charge is -2.33. The molecule has 3 rings (SSSR count). The quantitative estimate of drug-likeness (QED) is 0.940. The van der Waals surface area contributed by atoms with Crippen molar-refractivity contribution in [3.8, 4) is 5.75 Å². The van der Waals surface area contributed by atoms with Crippen molar-refractivity contribution in [3.63, 3.8) is 0 Å². The highest BCUT2D eigenvalue weighted by Gasteiger charge is 2.28. The summed E-state index contributed by atoms with van der Waals surface area (Å²) >= 11 is 0. The van der Waals surface area contributed by atoms with Gasteiger partial charge < -0.3 is 14.6 Å². The minimum absolute atomic E-state index is 0.260. The molecule has 2 aromatic carbocycles. The van der Waals surface area contributed by atoms with Gasteiger partial charge in [0.15, 0.2) is 0 Å². The fourth-order valence-corrected chi connectivity index (χ4v) is 2.64. The zero-order valence-corrected chi connectivity index (χ0v) is 12.7. The molecule has 1 unspecified atom stereocenters. The first-order valence-electron chi connectivity index (χ1n) is 7.58. The van der Waals surface area contributed by atoms with E-state index in [4.69, 9.17) is 9.47 Å². The lowest BCUT2D eigenvalue weighted by molar-refractivity contribution is -0.000909. The molecule has 1 amide bonds. The lowest BCUT2D eigenvalue weighted by atomic mass is 10.1. The number of carbonyl (C=O) groups is 1. The van der Waals surface area contributed by atoms with Crippen LogP contribution in [0.1, 0.15) is 17.2 Å². The van der Waals surface area contributed by atoms with Crippen molar-refractivity contribution < 1.29 is 19.4 Å². The van der Waals surface area contributed by atoms with Crippen LogP contribution < -0.4 is 4.74 Å². The molecule has 0 bridgehead atoms. The van der Waals surface area contributed by atoms with Crippen molar-refractivity contribution >= 4 is 6.09 Å². The lowest BCUT2D eigenvalue weighted by Crippen LogP contribution is -2.42. The Hall–Kier alpha value is -2.53. The van der Waals surface area contributed by atoms with Crippen molar-refractivity contribution in [2.24, 2.45) is 0 Å². The highest BCUT2D eigenvalue weighted by molar-refractivity contribution is 5.66. The molecular formula is C18H19NO4. The minimum atomic E-state index is -0.914. The largest absolute Gasteiger partial charge is 0.489 e. The summed E-state index contributed by atoms with van der Waals surface area (Å²) in [6, 6.07) is 17.2. The Morgan fingerprint density at radius 2 is 1.91 bits per heavy atom. The molecule has 120 valence electrons. The van der Waals surface area contributed by atoms with Gasteiger partial charge in [0, 0.05) is 6.54 Å². The normalized spacial score (nSPS) is 17.7. The first kappa shape index (κ1) is 15.4. The maximum atomic E-state index is 11.3. The Balaban J connectivity index is 1.65. The third-order valence-corrected chi connectivity index (χ3v) is 3.89. The standard InChI is InChI=1S/C18H19NO4/c20-18(21)19-10-11-22-13-17(19)15-6-8-16(9-7-15)23-12-14-4-2-1-3-5-14/h1-9,17H,10-13H2,(H,20,21). The van der Waals surface area contributed by atoms with Crippen LogP contribution in [0.5, 0.6) is 5.75 Å². The molecule has 0 spiro atoms. The number of morpholine rings is 1. The zero-order valence-electron chi connectivity index (χ0n) is 12.7. The third kappa shape index (κ3) is 3.81. The van der Waals surface area contributed by atoms with Gasteiger partial charge in [-0.1, -0.05) is 42.5 Å². The van der Waals surface area contributed by atoms with Crippen molar-refractivity contribution in [2.45, 2.75) is 12.6 Å². The van der Waals surface area contributed by atoms with Gasteiger partial charge in [-0.2, -0.15) is 0 Å². The van der Waals surface area contributed by atoms with E-state index in [1.165, 1.54) is 4.90 Å². The van der Waals surface area contributed by atoms with Crippen LogP contribution in [0.2, 0.25) is 0 Å². The van der Waals surface area contributed by atoms with Gasteiger partial charge in [0.25, 0.3) is 0 Å². The fourth-order valence-electron chi connectivity index (χ4n) is 2.64. The number of nitrogens with zero attached hydrogens (tertiary/aromatic N) is 1. The summed E-state index contributed by atoms with van der Waals surface area (Å²) in [5.41, 5.74) is 2.02. The summed E-state index contributed by atoms with van der Waals surface area (Å²) in [5, 5.41) is 9.28. The highest BCUT2D eigenvalue weighted by atomic mass is 16.5. The molecule has 1 fully saturated rings. The molecule has 0 radical (unpaired) electrons. The van der Waals surface area contributed by atoms with E-state index in [0.29, 0.717) is 26.4 Å². The van der Waals surface area contributed by atoms with Crippen LogP contribution in [0.3, 0.4) is 0 Å². The smallest absolute Gasteiger partial charge is 0.407 e. The summed E-state index contributed by atoms with van der Waals surface area (Å²) in [6.07, 6.45) is -0.914. The van der Waals surface area contributed by atoms with Crippen LogP contribution in [-0.2, 0) is 11.3 Å². The van der Waals surface area contributed by atoms with Gasteiger partial charge in [0.1, 0.15) is 12.4 Å². The Kier molecular flexibility index (Phi) is 4.78. The van der Waals surface area contributed by atoms with Gasteiger partial charge in [-0.15, -0.1) is 0 Å². The Bertz CT molecular complexity index is 642. The monoisotopic (exact) mass is 313 g/mol. The Labute approximate surface area is 135 Å². The van der Waals surface area contributed by atoms with Crippen LogP contribution in [-0.4, -0.2) is 35.9 Å². The maximum absolute atomic E-state index is 11.3. The molecule has 23 heavy (non-hydrogen) atoms. The van der Waals surface area contributed by atoms with Crippen molar-refractivity contribution in [3.05, 3.63) is 65.7 Å². The second-order valence-electron chi connectivity index (χ2n) is 5.41. The molecule has 0 aliphatic carbocycles. The van der Waals surface area contributed by atoms with Crippen LogP contribution in [0.4, 0.5) is 4.79 Å². The van der Waals surface area contributed by atoms with E-state index in [0.717, 1.165) is 16.9 Å². The van der Waals surface area contributed by atoms with E-state index in [-0.39, 0.29) is 6.04 Å². The van der Waals surface area contributed by atoms with Gasteiger partial charge in [0.05, 0.1) is 19.3 Å². The number of amides is 1. The molecule has 1 atom stereocenters. The van der Waals surface area contributed by atoms with Crippen molar-refractivity contribution in [1.82, 2.24) is 4.90 Å². The van der Waals surface area contributed by atoms with Crippen LogP contribution >= 0.6 is 0 Å². The Morgan fingerprint density at radius 3 is 2.61 bits per heavy atom. The second-order valence-corrected chi connectivity index (χ2v) is 5.41. The molecule has 1 heterocycles. The SMILES string of the molecule is O=C(O)N1CCOCC1c1ccc(OCc2ccccc2)cc1. The molecule has 0 aromatic heterocycles. The van der Waals surface area contributed by atoms with E-state index in [9.17, 15) is 9.90 Å². The summed E-state index contributed by atoms with van der Waals surface area (Å²) in [7, 11) is 0. The molecule has 2 aromatic rings. The molecule has 1 saturated heterocycles. The molecule has 5 heteroatoms. The maximum Gasteiger partial charge on any atom is 0.407 e. The van der Waals surface area contributed by atoms with Crippen LogP contribution in [0.25, 0.3) is 0 Å².